The topological polar surface area (TPSA) is 38.1 Å². The van der Waals surface area contributed by atoms with Crippen molar-refractivity contribution in [2.45, 2.75) is 52.2 Å². The summed E-state index contributed by atoms with van der Waals surface area (Å²) < 4.78 is 1.96. The predicted molar refractivity (Wildman–Crippen MR) is 57.2 cm³/mol. The molecule has 3 heteroatoms. The number of aliphatic hydroxyl groups excluding tert-OH is 1. The van der Waals surface area contributed by atoms with Gasteiger partial charge in [0.05, 0.1) is 17.8 Å². The lowest BCUT2D eigenvalue weighted by Gasteiger charge is -2.18. The van der Waals surface area contributed by atoms with Crippen LogP contribution in [-0.2, 0) is 12.0 Å². The standard InChI is InChI=1S/C11H20N2O/c1-9(14)5-6-10-7-12-13(8-10)11(2,3)4/h7-9,14H,5-6H2,1-4H3. The van der Waals surface area contributed by atoms with Gasteiger partial charge in [0.25, 0.3) is 0 Å². The van der Waals surface area contributed by atoms with Gasteiger partial charge in [-0.25, -0.2) is 0 Å². The molecule has 0 fully saturated rings. The van der Waals surface area contributed by atoms with Gasteiger partial charge in [0.15, 0.2) is 0 Å². The van der Waals surface area contributed by atoms with E-state index in [0.717, 1.165) is 12.8 Å². The van der Waals surface area contributed by atoms with E-state index < -0.39 is 0 Å². The van der Waals surface area contributed by atoms with Gasteiger partial charge in [0, 0.05) is 6.20 Å². The Balaban J connectivity index is 2.60. The Morgan fingerprint density at radius 3 is 2.57 bits per heavy atom. The highest BCUT2D eigenvalue weighted by Gasteiger charge is 2.13. The normalized spacial score (nSPS) is 14.4. The molecular weight excluding hydrogens is 176 g/mol. The Bertz CT molecular complexity index is 284. The van der Waals surface area contributed by atoms with E-state index in [-0.39, 0.29) is 11.6 Å². The molecule has 1 heterocycles. The molecule has 0 aliphatic heterocycles. The summed E-state index contributed by atoms with van der Waals surface area (Å²) >= 11 is 0. The number of nitrogens with zero attached hydrogens (tertiary/aromatic N) is 2. The van der Waals surface area contributed by atoms with Crippen LogP contribution >= 0.6 is 0 Å². The van der Waals surface area contributed by atoms with E-state index in [9.17, 15) is 0 Å². The van der Waals surface area contributed by atoms with E-state index in [1.807, 2.05) is 17.8 Å². The molecule has 80 valence electrons. The molecule has 1 aromatic rings. The largest absolute Gasteiger partial charge is 0.393 e. The molecule has 1 atom stereocenters. The molecule has 0 saturated heterocycles. The number of hydrogen-bond donors (Lipinski definition) is 1. The minimum absolute atomic E-state index is 0.0447. The molecule has 0 amide bonds. The Kier molecular flexibility index (Phi) is 3.32. The number of rotatable bonds is 3. The van der Waals surface area contributed by atoms with Gasteiger partial charge in [-0.2, -0.15) is 5.10 Å². The van der Waals surface area contributed by atoms with Crippen LogP contribution in [0.25, 0.3) is 0 Å². The minimum Gasteiger partial charge on any atom is -0.393 e. The number of aliphatic hydroxyl groups is 1. The molecule has 3 nitrogen and oxygen atoms in total. The van der Waals surface area contributed by atoms with Crippen molar-refractivity contribution in [3.8, 4) is 0 Å². The first-order valence-corrected chi connectivity index (χ1v) is 5.11. The summed E-state index contributed by atoms with van der Waals surface area (Å²) in [5.74, 6) is 0. The van der Waals surface area contributed by atoms with Gasteiger partial charge in [-0.05, 0) is 46.1 Å². The Morgan fingerprint density at radius 1 is 1.50 bits per heavy atom. The maximum absolute atomic E-state index is 9.15. The second-order valence-electron chi connectivity index (χ2n) is 4.85. The van der Waals surface area contributed by atoms with Crippen molar-refractivity contribution in [3.05, 3.63) is 18.0 Å². The van der Waals surface area contributed by atoms with E-state index >= 15 is 0 Å². The molecule has 0 bridgehead atoms. The lowest BCUT2D eigenvalue weighted by molar-refractivity contribution is 0.185. The monoisotopic (exact) mass is 196 g/mol. The second kappa shape index (κ2) is 4.13. The molecule has 1 rings (SSSR count). The van der Waals surface area contributed by atoms with Crippen LogP contribution in [0.3, 0.4) is 0 Å². The first-order chi connectivity index (χ1) is 6.39. The lowest BCUT2D eigenvalue weighted by atomic mass is 10.1. The van der Waals surface area contributed by atoms with Crippen LogP contribution < -0.4 is 0 Å². The number of aromatic nitrogens is 2. The lowest BCUT2D eigenvalue weighted by Crippen LogP contribution is -2.21. The van der Waals surface area contributed by atoms with Gasteiger partial charge in [-0.3, -0.25) is 4.68 Å². The van der Waals surface area contributed by atoms with Crippen molar-refractivity contribution in [2.75, 3.05) is 0 Å². The van der Waals surface area contributed by atoms with Crippen molar-refractivity contribution in [3.63, 3.8) is 0 Å². The SMILES string of the molecule is CC(O)CCc1cnn(C(C)(C)C)c1. The molecule has 1 aromatic heterocycles. The Labute approximate surface area is 85.8 Å². The van der Waals surface area contributed by atoms with Crippen molar-refractivity contribution < 1.29 is 5.11 Å². The quantitative estimate of drug-likeness (QED) is 0.802. The summed E-state index contributed by atoms with van der Waals surface area (Å²) in [7, 11) is 0. The number of aryl methyl sites for hydroxylation is 1. The van der Waals surface area contributed by atoms with Crippen LogP contribution in [0.15, 0.2) is 12.4 Å². The van der Waals surface area contributed by atoms with E-state index in [4.69, 9.17) is 5.11 Å². The predicted octanol–water partition coefficient (Wildman–Crippen LogP) is 1.95. The molecule has 0 aliphatic rings. The van der Waals surface area contributed by atoms with Crippen LogP contribution in [0.4, 0.5) is 0 Å². The Hall–Kier alpha value is -0.830. The molecule has 0 saturated carbocycles. The molecule has 1 N–H and O–H groups in total. The second-order valence-corrected chi connectivity index (χ2v) is 4.85. The Morgan fingerprint density at radius 2 is 2.14 bits per heavy atom. The summed E-state index contributed by atoms with van der Waals surface area (Å²) in [4.78, 5) is 0. The summed E-state index contributed by atoms with van der Waals surface area (Å²) in [6.45, 7) is 8.18. The smallest absolute Gasteiger partial charge is 0.0543 e. The third-order valence-electron chi connectivity index (χ3n) is 2.17. The van der Waals surface area contributed by atoms with Crippen LogP contribution in [0, 0.1) is 0 Å². The third-order valence-corrected chi connectivity index (χ3v) is 2.17. The highest BCUT2D eigenvalue weighted by molar-refractivity contribution is 5.05. The van der Waals surface area contributed by atoms with E-state index in [1.54, 1.807) is 0 Å². The maximum atomic E-state index is 9.15. The number of hydrogen-bond acceptors (Lipinski definition) is 2. The fourth-order valence-corrected chi connectivity index (χ4v) is 1.23. The first kappa shape index (κ1) is 11.2. The summed E-state index contributed by atoms with van der Waals surface area (Å²) in [5.41, 5.74) is 1.24. The van der Waals surface area contributed by atoms with E-state index in [0.29, 0.717) is 0 Å². The fourth-order valence-electron chi connectivity index (χ4n) is 1.23. The zero-order valence-electron chi connectivity index (χ0n) is 9.49. The first-order valence-electron chi connectivity index (χ1n) is 5.11. The molecule has 0 spiro atoms. The van der Waals surface area contributed by atoms with Crippen molar-refractivity contribution >= 4 is 0 Å². The van der Waals surface area contributed by atoms with Gasteiger partial charge in [-0.15, -0.1) is 0 Å². The summed E-state index contributed by atoms with van der Waals surface area (Å²) in [6, 6.07) is 0. The van der Waals surface area contributed by atoms with E-state index in [1.165, 1.54) is 5.56 Å². The zero-order chi connectivity index (χ0) is 10.8. The third kappa shape index (κ3) is 3.14. The molecule has 1 unspecified atom stereocenters. The van der Waals surface area contributed by atoms with Crippen LogP contribution in [0.2, 0.25) is 0 Å². The van der Waals surface area contributed by atoms with Crippen molar-refractivity contribution in [2.24, 2.45) is 0 Å². The summed E-state index contributed by atoms with van der Waals surface area (Å²) in [5, 5.41) is 13.5. The zero-order valence-corrected chi connectivity index (χ0v) is 9.49. The molecule has 0 aliphatic carbocycles. The van der Waals surface area contributed by atoms with Crippen molar-refractivity contribution in [1.82, 2.24) is 9.78 Å². The fraction of sp³-hybridized carbons (Fsp3) is 0.727. The van der Waals surface area contributed by atoms with Crippen molar-refractivity contribution in [1.29, 1.82) is 0 Å². The maximum Gasteiger partial charge on any atom is 0.0543 e. The van der Waals surface area contributed by atoms with Crippen LogP contribution in [-0.4, -0.2) is 21.0 Å². The van der Waals surface area contributed by atoms with Crippen LogP contribution in [0.5, 0.6) is 0 Å². The van der Waals surface area contributed by atoms with Gasteiger partial charge in [-0.1, -0.05) is 0 Å². The van der Waals surface area contributed by atoms with Gasteiger partial charge < -0.3 is 5.11 Å². The summed E-state index contributed by atoms with van der Waals surface area (Å²) in [6.07, 6.45) is 5.41. The molecule has 0 radical (unpaired) electrons. The van der Waals surface area contributed by atoms with Gasteiger partial charge in [0.2, 0.25) is 0 Å². The van der Waals surface area contributed by atoms with E-state index in [2.05, 4.69) is 32.1 Å². The molecular formula is C11H20N2O. The average Bonchev–Trinajstić information content (AvgIpc) is 2.47. The highest BCUT2D eigenvalue weighted by atomic mass is 16.3. The van der Waals surface area contributed by atoms with Crippen LogP contribution in [0.1, 0.15) is 39.7 Å². The molecule has 14 heavy (non-hydrogen) atoms. The molecule has 0 aromatic carbocycles. The van der Waals surface area contributed by atoms with Gasteiger partial charge >= 0.3 is 0 Å². The van der Waals surface area contributed by atoms with Gasteiger partial charge in [0.1, 0.15) is 0 Å². The highest BCUT2D eigenvalue weighted by Crippen LogP contribution is 2.14. The minimum atomic E-state index is -0.229. The average molecular weight is 196 g/mol.